The van der Waals surface area contributed by atoms with Crippen molar-refractivity contribution in [2.75, 3.05) is 16.8 Å². The van der Waals surface area contributed by atoms with Crippen molar-refractivity contribution in [2.45, 2.75) is 51.5 Å². The summed E-state index contributed by atoms with van der Waals surface area (Å²) in [5, 5.41) is 1.10. The minimum absolute atomic E-state index is 0.468. The van der Waals surface area contributed by atoms with Gasteiger partial charge in [0.05, 0.1) is 0 Å². The van der Waals surface area contributed by atoms with E-state index < -0.39 is 0 Å². The highest BCUT2D eigenvalue weighted by Gasteiger charge is 2.25. The van der Waals surface area contributed by atoms with Crippen LogP contribution in [-0.4, -0.2) is 27.9 Å². The van der Waals surface area contributed by atoms with Gasteiger partial charge in [0, 0.05) is 29.7 Å². The largest absolute Gasteiger partial charge is 0.354 e. The highest BCUT2D eigenvalue weighted by molar-refractivity contribution is 9.09. The van der Waals surface area contributed by atoms with Crippen molar-refractivity contribution in [1.29, 1.82) is 0 Å². The van der Waals surface area contributed by atoms with E-state index in [2.05, 4.69) is 50.7 Å². The van der Waals surface area contributed by atoms with Crippen LogP contribution in [0.25, 0.3) is 0 Å². The second-order valence-corrected chi connectivity index (χ2v) is 6.07. The second-order valence-electron chi connectivity index (χ2n) is 5.28. The number of hydrogen-bond acceptors (Lipinski definition) is 3. The van der Waals surface area contributed by atoms with Gasteiger partial charge in [-0.15, -0.1) is 0 Å². The predicted molar refractivity (Wildman–Crippen MR) is 79.5 cm³/mol. The lowest BCUT2D eigenvalue weighted by molar-refractivity contribution is 0.599. The molecule has 0 amide bonds. The molecule has 0 radical (unpaired) electrons. The SMILES string of the molecule is CC(C)c1cc(N2CCCC2CCCBr)ncn1. The fourth-order valence-electron chi connectivity index (χ4n) is 2.58. The molecule has 1 atom stereocenters. The van der Waals surface area contributed by atoms with Crippen LogP contribution in [0.1, 0.15) is 51.1 Å². The monoisotopic (exact) mass is 311 g/mol. The summed E-state index contributed by atoms with van der Waals surface area (Å²) in [5.74, 6) is 1.58. The first-order valence-corrected chi connectivity index (χ1v) is 7.99. The molecule has 1 aromatic heterocycles. The number of aromatic nitrogens is 2. The van der Waals surface area contributed by atoms with Crippen LogP contribution in [0.5, 0.6) is 0 Å². The third-order valence-electron chi connectivity index (χ3n) is 3.61. The molecule has 100 valence electrons. The zero-order valence-corrected chi connectivity index (χ0v) is 12.9. The summed E-state index contributed by atoms with van der Waals surface area (Å²) < 4.78 is 0. The van der Waals surface area contributed by atoms with Gasteiger partial charge in [0.25, 0.3) is 0 Å². The maximum Gasteiger partial charge on any atom is 0.132 e. The summed E-state index contributed by atoms with van der Waals surface area (Å²) in [6, 6.07) is 2.83. The van der Waals surface area contributed by atoms with Crippen molar-refractivity contribution in [3.8, 4) is 0 Å². The van der Waals surface area contributed by atoms with Crippen molar-refractivity contribution in [2.24, 2.45) is 0 Å². The van der Waals surface area contributed by atoms with E-state index >= 15 is 0 Å². The van der Waals surface area contributed by atoms with Crippen molar-refractivity contribution in [3.63, 3.8) is 0 Å². The predicted octanol–water partition coefficient (Wildman–Crippen LogP) is 3.74. The number of halogens is 1. The molecule has 1 aliphatic rings. The number of nitrogens with zero attached hydrogens (tertiary/aromatic N) is 3. The maximum absolute atomic E-state index is 4.47. The van der Waals surface area contributed by atoms with Gasteiger partial charge in [-0.2, -0.15) is 0 Å². The molecule has 1 aliphatic heterocycles. The molecule has 1 aromatic rings. The van der Waals surface area contributed by atoms with Gasteiger partial charge in [-0.1, -0.05) is 29.8 Å². The Labute approximate surface area is 118 Å². The van der Waals surface area contributed by atoms with Crippen molar-refractivity contribution in [3.05, 3.63) is 18.1 Å². The van der Waals surface area contributed by atoms with Gasteiger partial charge in [-0.25, -0.2) is 9.97 Å². The van der Waals surface area contributed by atoms with E-state index in [4.69, 9.17) is 0 Å². The zero-order valence-electron chi connectivity index (χ0n) is 11.3. The molecule has 2 rings (SSSR count). The van der Waals surface area contributed by atoms with Crippen molar-refractivity contribution >= 4 is 21.7 Å². The normalized spacial score (nSPS) is 19.8. The Balaban J connectivity index is 2.11. The first kappa shape index (κ1) is 13.8. The van der Waals surface area contributed by atoms with E-state index in [0.717, 1.165) is 23.4 Å². The lowest BCUT2D eigenvalue weighted by Crippen LogP contribution is -2.30. The summed E-state index contributed by atoms with van der Waals surface area (Å²) in [4.78, 5) is 11.3. The van der Waals surface area contributed by atoms with Crippen LogP contribution < -0.4 is 4.90 Å². The van der Waals surface area contributed by atoms with Crippen LogP contribution in [0.3, 0.4) is 0 Å². The molecule has 18 heavy (non-hydrogen) atoms. The van der Waals surface area contributed by atoms with Crippen LogP contribution in [0, 0.1) is 0 Å². The molecule has 2 heterocycles. The van der Waals surface area contributed by atoms with E-state index in [0.29, 0.717) is 12.0 Å². The van der Waals surface area contributed by atoms with Gasteiger partial charge in [-0.05, 0) is 31.6 Å². The fourth-order valence-corrected chi connectivity index (χ4v) is 2.91. The van der Waals surface area contributed by atoms with Gasteiger partial charge in [0.1, 0.15) is 12.1 Å². The second kappa shape index (κ2) is 6.50. The van der Waals surface area contributed by atoms with Crippen molar-refractivity contribution in [1.82, 2.24) is 9.97 Å². The quantitative estimate of drug-likeness (QED) is 0.776. The highest BCUT2D eigenvalue weighted by atomic mass is 79.9. The molecule has 4 heteroatoms. The van der Waals surface area contributed by atoms with Gasteiger partial charge in [0.15, 0.2) is 0 Å². The summed E-state index contributed by atoms with van der Waals surface area (Å²) in [7, 11) is 0. The minimum Gasteiger partial charge on any atom is -0.354 e. The lowest BCUT2D eigenvalue weighted by atomic mass is 10.1. The van der Waals surface area contributed by atoms with Gasteiger partial charge in [0.2, 0.25) is 0 Å². The number of alkyl halides is 1. The molecule has 0 bridgehead atoms. The average Bonchev–Trinajstić information content (AvgIpc) is 2.84. The summed E-state index contributed by atoms with van der Waals surface area (Å²) in [5.41, 5.74) is 1.14. The number of anilines is 1. The van der Waals surface area contributed by atoms with Crippen LogP contribution in [0.2, 0.25) is 0 Å². The zero-order chi connectivity index (χ0) is 13.0. The summed E-state index contributed by atoms with van der Waals surface area (Å²) >= 11 is 3.52. The lowest BCUT2D eigenvalue weighted by Gasteiger charge is -2.26. The summed E-state index contributed by atoms with van der Waals surface area (Å²) in [6.45, 7) is 5.50. The molecule has 1 unspecified atom stereocenters. The molecule has 1 saturated heterocycles. The highest BCUT2D eigenvalue weighted by Crippen LogP contribution is 2.27. The van der Waals surface area contributed by atoms with E-state index in [1.807, 2.05) is 0 Å². The first-order valence-electron chi connectivity index (χ1n) is 6.87. The Morgan fingerprint density at radius 1 is 1.44 bits per heavy atom. The van der Waals surface area contributed by atoms with Crippen LogP contribution in [-0.2, 0) is 0 Å². The minimum atomic E-state index is 0.468. The van der Waals surface area contributed by atoms with Crippen LogP contribution in [0.15, 0.2) is 12.4 Å². The Kier molecular flexibility index (Phi) is 4.98. The van der Waals surface area contributed by atoms with E-state index in [1.54, 1.807) is 6.33 Å². The Hall–Kier alpha value is -0.640. The van der Waals surface area contributed by atoms with Crippen molar-refractivity contribution < 1.29 is 0 Å². The molecule has 0 spiro atoms. The van der Waals surface area contributed by atoms with E-state index in [9.17, 15) is 0 Å². The van der Waals surface area contributed by atoms with Crippen LogP contribution in [0.4, 0.5) is 5.82 Å². The molecular formula is C14H22BrN3. The van der Waals surface area contributed by atoms with E-state index in [-0.39, 0.29) is 0 Å². The first-order chi connectivity index (χ1) is 8.72. The standard InChI is InChI=1S/C14H22BrN3/c1-11(2)13-9-14(17-10-16-13)18-8-4-6-12(18)5-3-7-15/h9-12H,3-8H2,1-2H3. The number of rotatable bonds is 5. The third kappa shape index (κ3) is 3.22. The third-order valence-corrected chi connectivity index (χ3v) is 4.17. The molecule has 0 N–H and O–H groups in total. The van der Waals surface area contributed by atoms with Gasteiger partial charge < -0.3 is 4.90 Å². The molecule has 0 saturated carbocycles. The fraction of sp³-hybridized carbons (Fsp3) is 0.714. The summed E-state index contributed by atoms with van der Waals surface area (Å²) in [6.07, 6.45) is 6.79. The Morgan fingerprint density at radius 3 is 3.00 bits per heavy atom. The molecule has 3 nitrogen and oxygen atoms in total. The molecule has 0 aliphatic carbocycles. The molecule has 1 fully saturated rings. The maximum atomic E-state index is 4.47. The Morgan fingerprint density at radius 2 is 2.28 bits per heavy atom. The van der Waals surface area contributed by atoms with Crippen LogP contribution >= 0.6 is 15.9 Å². The number of hydrogen-bond donors (Lipinski definition) is 0. The average molecular weight is 312 g/mol. The topological polar surface area (TPSA) is 29.0 Å². The smallest absolute Gasteiger partial charge is 0.132 e. The molecular weight excluding hydrogens is 290 g/mol. The van der Waals surface area contributed by atoms with Gasteiger partial charge in [-0.3, -0.25) is 0 Å². The molecule has 0 aromatic carbocycles. The van der Waals surface area contributed by atoms with E-state index in [1.165, 1.54) is 25.7 Å². The Bertz CT molecular complexity index is 381. The van der Waals surface area contributed by atoms with Gasteiger partial charge >= 0.3 is 0 Å².